The van der Waals surface area contributed by atoms with Crippen molar-refractivity contribution in [2.45, 2.75) is 64.5 Å². The Kier molecular flexibility index (Phi) is 9.44. The van der Waals surface area contributed by atoms with Gasteiger partial charge in [0.2, 0.25) is 0 Å². The van der Waals surface area contributed by atoms with Crippen molar-refractivity contribution < 1.29 is 14.2 Å². The first-order valence-electron chi connectivity index (χ1n) is 8.10. The maximum Gasteiger partial charge on any atom is 0.0704 e. The van der Waals surface area contributed by atoms with E-state index < -0.39 is 0 Å². The van der Waals surface area contributed by atoms with Crippen LogP contribution in [0.5, 0.6) is 0 Å². The molecule has 0 bridgehead atoms. The number of rotatable bonds is 10. The first-order chi connectivity index (χ1) is 9.58. The van der Waals surface area contributed by atoms with Crippen LogP contribution in [0.3, 0.4) is 0 Å². The summed E-state index contributed by atoms with van der Waals surface area (Å²) in [5.41, 5.74) is 0.163. The van der Waals surface area contributed by atoms with Gasteiger partial charge in [0.05, 0.1) is 39.1 Å². The third-order valence-electron chi connectivity index (χ3n) is 3.41. The second-order valence-corrected chi connectivity index (χ2v) is 6.53. The minimum atomic E-state index is 0.163. The van der Waals surface area contributed by atoms with E-state index in [-0.39, 0.29) is 5.54 Å². The van der Waals surface area contributed by atoms with Crippen LogP contribution in [-0.2, 0) is 14.2 Å². The molecule has 1 aliphatic carbocycles. The molecule has 1 saturated carbocycles. The Balaban J connectivity index is 1.76. The fraction of sp³-hybridized carbons (Fsp3) is 1.00. The molecule has 1 aliphatic rings. The van der Waals surface area contributed by atoms with E-state index in [1.165, 1.54) is 32.1 Å². The van der Waals surface area contributed by atoms with Crippen LogP contribution in [0.4, 0.5) is 0 Å². The summed E-state index contributed by atoms with van der Waals surface area (Å²) in [5, 5.41) is 3.38. The number of hydrogen-bond acceptors (Lipinski definition) is 4. The van der Waals surface area contributed by atoms with Gasteiger partial charge in [-0.3, -0.25) is 0 Å². The minimum Gasteiger partial charge on any atom is -0.378 e. The molecule has 1 N–H and O–H groups in total. The van der Waals surface area contributed by atoms with E-state index in [9.17, 15) is 0 Å². The molecule has 4 heteroatoms. The van der Waals surface area contributed by atoms with Crippen LogP contribution in [0.1, 0.15) is 52.9 Å². The van der Waals surface area contributed by atoms with E-state index in [1.807, 2.05) is 0 Å². The van der Waals surface area contributed by atoms with Gasteiger partial charge in [-0.05, 0) is 33.6 Å². The highest BCUT2D eigenvalue weighted by molar-refractivity contribution is 4.69. The van der Waals surface area contributed by atoms with Crippen LogP contribution >= 0.6 is 0 Å². The molecule has 0 aromatic carbocycles. The van der Waals surface area contributed by atoms with Crippen molar-refractivity contribution in [1.29, 1.82) is 0 Å². The van der Waals surface area contributed by atoms with Gasteiger partial charge in [-0.1, -0.05) is 19.3 Å². The smallest absolute Gasteiger partial charge is 0.0704 e. The lowest BCUT2D eigenvalue weighted by Crippen LogP contribution is -2.38. The summed E-state index contributed by atoms with van der Waals surface area (Å²) in [7, 11) is 0. The number of hydrogen-bond donors (Lipinski definition) is 1. The minimum absolute atomic E-state index is 0.163. The molecule has 1 fully saturated rings. The molecule has 0 aromatic heterocycles. The van der Waals surface area contributed by atoms with E-state index in [4.69, 9.17) is 14.2 Å². The maximum atomic E-state index is 5.79. The summed E-state index contributed by atoms with van der Waals surface area (Å²) < 4.78 is 16.8. The molecule has 0 aromatic rings. The third-order valence-corrected chi connectivity index (χ3v) is 3.41. The van der Waals surface area contributed by atoms with Gasteiger partial charge in [0.1, 0.15) is 0 Å². The van der Waals surface area contributed by atoms with Crippen molar-refractivity contribution in [3.8, 4) is 0 Å². The molecule has 1 rings (SSSR count). The van der Waals surface area contributed by atoms with Crippen molar-refractivity contribution in [3.63, 3.8) is 0 Å². The molecule has 0 heterocycles. The molecule has 0 spiro atoms. The maximum absolute atomic E-state index is 5.79. The van der Waals surface area contributed by atoms with Crippen molar-refractivity contribution in [2.75, 3.05) is 39.6 Å². The van der Waals surface area contributed by atoms with Gasteiger partial charge < -0.3 is 19.5 Å². The Morgan fingerprint density at radius 1 is 0.850 bits per heavy atom. The first-order valence-corrected chi connectivity index (χ1v) is 8.10. The predicted molar refractivity (Wildman–Crippen MR) is 82.2 cm³/mol. The van der Waals surface area contributed by atoms with E-state index in [1.54, 1.807) is 0 Å². The van der Waals surface area contributed by atoms with E-state index in [0.717, 1.165) is 19.8 Å². The highest BCUT2D eigenvalue weighted by Crippen LogP contribution is 2.19. The fourth-order valence-corrected chi connectivity index (χ4v) is 2.33. The summed E-state index contributed by atoms with van der Waals surface area (Å²) in [6, 6.07) is 0. The average Bonchev–Trinajstić information content (AvgIpc) is 2.41. The molecular weight excluding hydrogens is 254 g/mol. The fourth-order valence-electron chi connectivity index (χ4n) is 2.33. The van der Waals surface area contributed by atoms with Gasteiger partial charge in [-0.15, -0.1) is 0 Å². The average molecular weight is 287 g/mol. The van der Waals surface area contributed by atoms with Crippen LogP contribution in [-0.4, -0.2) is 51.2 Å². The van der Waals surface area contributed by atoms with Crippen LogP contribution in [0.15, 0.2) is 0 Å². The van der Waals surface area contributed by atoms with Crippen molar-refractivity contribution >= 4 is 0 Å². The zero-order valence-corrected chi connectivity index (χ0v) is 13.6. The Morgan fingerprint density at radius 2 is 1.45 bits per heavy atom. The van der Waals surface area contributed by atoms with E-state index in [0.29, 0.717) is 25.9 Å². The van der Waals surface area contributed by atoms with Crippen LogP contribution in [0.25, 0.3) is 0 Å². The summed E-state index contributed by atoms with van der Waals surface area (Å²) in [6.07, 6.45) is 6.95. The number of nitrogens with one attached hydrogen (secondary N) is 1. The summed E-state index contributed by atoms with van der Waals surface area (Å²) >= 11 is 0. The van der Waals surface area contributed by atoms with Gasteiger partial charge in [-0.2, -0.15) is 0 Å². The molecule has 20 heavy (non-hydrogen) atoms. The van der Waals surface area contributed by atoms with Crippen molar-refractivity contribution in [3.05, 3.63) is 0 Å². The van der Waals surface area contributed by atoms with E-state index >= 15 is 0 Å². The molecule has 0 saturated heterocycles. The van der Waals surface area contributed by atoms with Gasteiger partial charge in [-0.25, -0.2) is 0 Å². The summed E-state index contributed by atoms with van der Waals surface area (Å²) in [4.78, 5) is 0. The zero-order chi connectivity index (χ0) is 14.7. The third kappa shape index (κ3) is 10.6. The molecule has 0 aliphatic heterocycles. The first kappa shape index (κ1) is 17.9. The van der Waals surface area contributed by atoms with Gasteiger partial charge in [0, 0.05) is 12.1 Å². The van der Waals surface area contributed by atoms with E-state index in [2.05, 4.69) is 26.1 Å². The molecule has 0 amide bonds. The predicted octanol–water partition coefficient (Wildman–Crippen LogP) is 2.76. The lowest BCUT2D eigenvalue weighted by atomic mass is 9.98. The normalized spacial score (nSPS) is 17.6. The highest BCUT2D eigenvalue weighted by Gasteiger charge is 2.12. The Hall–Kier alpha value is -0.160. The van der Waals surface area contributed by atoms with Crippen LogP contribution in [0.2, 0.25) is 0 Å². The Labute approximate surface area is 124 Å². The van der Waals surface area contributed by atoms with Crippen molar-refractivity contribution in [1.82, 2.24) is 5.32 Å². The monoisotopic (exact) mass is 287 g/mol. The molecule has 0 radical (unpaired) electrons. The molecule has 0 unspecified atom stereocenters. The van der Waals surface area contributed by atoms with Crippen molar-refractivity contribution in [2.24, 2.45) is 0 Å². The topological polar surface area (TPSA) is 39.7 Å². The Morgan fingerprint density at radius 3 is 2.10 bits per heavy atom. The van der Waals surface area contributed by atoms with Gasteiger partial charge >= 0.3 is 0 Å². The second kappa shape index (κ2) is 10.6. The Bertz CT molecular complexity index is 222. The molecule has 120 valence electrons. The zero-order valence-electron chi connectivity index (χ0n) is 13.6. The standard InChI is InChI=1S/C16H33NO3/c1-16(2,3)17-9-10-18-11-12-19-13-14-20-15-7-5-4-6-8-15/h15,17H,4-14H2,1-3H3. The molecule has 0 atom stereocenters. The molecular formula is C16H33NO3. The van der Waals surface area contributed by atoms with Gasteiger partial charge in [0.25, 0.3) is 0 Å². The summed E-state index contributed by atoms with van der Waals surface area (Å²) in [5.74, 6) is 0. The quantitative estimate of drug-likeness (QED) is 0.627. The lowest BCUT2D eigenvalue weighted by Gasteiger charge is -2.21. The van der Waals surface area contributed by atoms with Gasteiger partial charge in [0.15, 0.2) is 0 Å². The SMILES string of the molecule is CC(C)(C)NCCOCCOCCOC1CCCCC1. The van der Waals surface area contributed by atoms with Crippen LogP contribution in [0, 0.1) is 0 Å². The number of ether oxygens (including phenoxy) is 3. The highest BCUT2D eigenvalue weighted by atomic mass is 16.5. The van der Waals surface area contributed by atoms with Crippen LogP contribution < -0.4 is 5.32 Å². The second-order valence-electron chi connectivity index (χ2n) is 6.53. The largest absolute Gasteiger partial charge is 0.378 e. The lowest BCUT2D eigenvalue weighted by molar-refractivity contribution is -0.0218. The summed E-state index contributed by atoms with van der Waals surface area (Å²) in [6.45, 7) is 10.8. The molecule has 4 nitrogen and oxygen atoms in total.